The quantitative estimate of drug-likeness (QED) is 0.893. The summed E-state index contributed by atoms with van der Waals surface area (Å²) in [6, 6.07) is 15.1. The molecule has 1 N–H and O–H groups in total. The molecule has 2 aromatic rings. The van der Waals surface area contributed by atoms with E-state index in [2.05, 4.69) is 22.2 Å². The van der Waals surface area contributed by atoms with Crippen molar-refractivity contribution in [2.75, 3.05) is 11.1 Å². The average Bonchev–Trinajstić information content (AvgIpc) is 2.84. The van der Waals surface area contributed by atoms with Gasteiger partial charge in [0.1, 0.15) is 5.75 Å². The highest BCUT2D eigenvalue weighted by Gasteiger charge is 2.22. The third kappa shape index (κ3) is 2.88. The largest absolute Gasteiger partial charge is 0.435 e. The Balaban J connectivity index is 1.70. The second kappa shape index (κ2) is 5.71. The maximum absolute atomic E-state index is 12.1. The van der Waals surface area contributed by atoms with Crippen molar-refractivity contribution in [2.45, 2.75) is 17.5 Å². The second-order valence-electron chi connectivity index (χ2n) is 4.45. The number of benzene rings is 2. The van der Waals surface area contributed by atoms with E-state index in [1.165, 1.54) is 10.5 Å². The van der Waals surface area contributed by atoms with E-state index in [4.69, 9.17) is 0 Å². The molecule has 0 amide bonds. The number of alkyl halides is 2. The first kappa shape index (κ1) is 13.2. The van der Waals surface area contributed by atoms with Gasteiger partial charge in [-0.25, -0.2) is 0 Å². The first-order valence-electron chi connectivity index (χ1n) is 6.25. The highest BCUT2D eigenvalue weighted by molar-refractivity contribution is 7.99. The van der Waals surface area contributed by atoms with Gasteiger partial charge in [-0.15, -0.1) is 11.8 Å². The van der Waals surface area contributed by atoms with Crippen molar-refractivity contribution in [3.63, 3.8) is 0 Å². The van der Waals surface area contributed by atoms with Crippen LogP contribution in [-0.2, 0) is 0 Å². The molecule has 3 rings (SSSR count). The summed E-state index contributed by atoms with van der Waals surface area (Å²) < 4.78 is 28.5. The van der Waals surface area contributed by atoms with E-state index in [0.717, 1.165) is 11.4 Å². The van der Waals surface area contributed by atoms with E-state index < -0.39 is 6.61 Å². The predicted octanol–water partition coefficient (Wildman–Crippen LogP) is 4.55. The number of hydrogen-bond donors (Lipinski definition) is 1. The van der Waals surface area contributed by atoms with Crippen LogP contribution in [0.4, 0.5) is 14.5 Å². The molecule has 2 aromatic carbocycles. The number of thioether (sulfide) groups is 1. The Hall–Kier alpha value is -1.75. The predicted molar refractivity (Wildman–Crippen MR) is 76.6 cm³/mol. The number of hydrogen-bond acceptors (Lipinski definition) is 3. The molecule has 0 radical (unpaired) electrons. The zero-order chi connectivity index (χ0) is 13.9. The fourth-order valence-corrected chi connectivity index (χ4v) is 3.38. The van der Waals surface area contributed by atoms with Crippen LogP contribution in [0.1, 0.15) is 11.6 Å². The van der Waals surface area contributed by atoms with Gasteiger partial charge in [-0.1, -0.05) is 18.2 Å². The molecule has 104 valence electrons. The Morgan fingerprint density at radius 3 is 2.60 bits per heavy atom. The first-order valence-corrected chi connectivity index (χ1v) is 7.24. The number of nitrogens with one attached hydrogen (secondary N) is 1. The molecule has 0 aromatic heterocycles. The SMILES string of the molecule is FC(F)Oc1ccc(NC2CSc3ccccc32)cc1. The van der Waals surface area contributed by atoms with Gasteiger partial charge in [-0.3, -0.25) is 0 Å². The smallest absolute Gasteiger partial charge is 0.387 e. The lowest BCUT2D eigenvalue weighted by Crippen LogP contribution is -2.09. The van der Waals surface area contributed by atoms with Gasteiger partial charge >= 0.3 is 6.61 Å². The molecule has 0 spiro atoms. The Bertz CT molecular complexity index is 589. The van der Waals surface area contributed by atoms with Crippen molar-refractivity contribution in [3.05, 3.63) is 54.1 Å². The zero-order valence-electron chi connectivity index (χ0n) is 10.6. The summed E-state index contributed by atoms with van der Waals surface area (Å²) >= 11 is 1.82. The molecule has 1 atom stereocenters. The van der Waals surface area contributed by atoms with Gasteiger partial charge < -0.3 is 10.1 Å². The van der Waals surface area contributed by atoms with Crippen LogP contribution < -0.4 is 10.1 Å². The molecular weight excluding hydrogens is 280 g/mol. The van der Waals surface area contributed by atoms with Crippen molar-refractivity contribution in [3.8, 4) is 5.75 Å². The lowest BCUT2D eigenvalue weighted by atomic mass is 10.1. The van der Waals surface area contributed by atoms with Crippen LogP contribution in [0.2, 0.25) is 0 Å². The molecule has 1 heterocycles. The van der Waals surface area contributed by atoms with Gasteiger partial charge in [-0.05, 0) is 35.9 Å². The number of halogens is 2. The number of fused-ring (bicyclic) bond motifs is 1. The van der Waals surface area contributed by atoms with Gasteiger partial charge in [0.25, 0.3) is 0 Å². The fourth-order valence-electron chi connectivity index (χ4n) is 2.22. The zero-order valence-corrected chi connectivity index (χ0v) is 11.4. The van der Waals surface area contributed by atoms with E-state index >= 15 is 0 Å². The first-order chi connectivity index (χ1) is 9.72. The molecule has 0 aliphatic carbocycles. The summed E-state index contributed by atoms with van der Waals surface area (Å²) in [5.41, 5.74) is 2.18. The van der Waals surface area contributed by atoms with Crippen LogP contribution in [0, 0.1) is 0 Å². The standard InChI is InChI=1S/C15H13F2NOS/c16-15(17)19-11-7-5-10(6-8-11)18-13-9-20-14-4-2-1-3-12(13)14/h1-8,13,15,18H,9H2. The number of anilines is 1. The Kier molecular flexibility index (Phi) is 3.78. The van der Waals surface area contributed by atoms with E-state index in [1.807, 2.05) is 23.9 Å². The molecular formula is C15H13F2NOS. The summed E-state index contributed by atoms with van der Waals surface area (Å²) in [5, 5.41) is 3.41. The van der Waals surface area contributed by atoms with Gasteiger partial charge in [0.05, 0.1) is 6.04 Å². The average molecular weight is 293 g/mol. The molecule has 0 fully saturated rings. The Morgan fingerprint density at radius 2 is 1.85 bits per heavy atom. The monoisotopic (exact) mass is 293 g/mol. The lowest BCUT2D eigenvalue weighted by Gasteiger charge is -2.15. The van der Waals surface area contributed by atoms with Gasteiger partial charge in [0.2, 0.25) is 0 Å². The van der Waals surface area contributed by atoms with E-state index in [-0.39, 0.29) is 11.8 Å². The lowest BCUT2D eigenvalue weighted by molar-refractivity contribution is -0.0498. The molecule has 5 heteroatoms. The molecule has 0 saturated carbocycles. The molecule has 20 heavy (non-hydrogen) atoms. The number of ether oxygens (including phenoxy) is 1. The van der Waals surface area contributed by atoms with Crippen LogP contribution in [0.15, 0.2) is 53.4 Å². The highest BCUT2D eigenvalue weighted by Crippen LogP contribution is 2.39. The highest BCUT2D eigenvalue weighted by atomic mass is 32.2. The third-order valence-corrected chi connectivity index (χ3v) is 4.30. The minimum atomic E-state index is -2.79. The van der Waals surface area contributed by atoms with Crippen molar-refractivity contribution in [1.82, 2.24) is 0 Å². The van der Waals surface area contributed by atoms with Gasteiger partial charge in [-0.2, -0.15) is 8.78 Å². The summed E-state index contributed by atoms with van der Waals surface area (Å²) in [5.74, 6) is 1.14. The van der Waals surface area contributed by atoms with Crippen LogP contribution >= 0.6 is 11.8 Å². The molecule has 2 nitrogen and oxygen atoms in total. The topological polar surface area (TPSA) is 21.3 Å². The van der Waals surface area contributed by atoms with Crippen molar-refractivity contribution in [1.29, 1.82) is 0 Å². The Morgan fingerprint density at radius 1 is 1.10 bits per heavy atom. The minimum Gasteiger partial charge on any atom is -0.435 e. The number of rotatable bonds is 4. The van der Waals surface area contributed by atoms with Crippen molar-refractivity contribution in [2.24, 2.45) is 0 Å². The summed E-state index contributed by atoms with van der Waals surface area (Å²) in [4.78, 5) is 1.29. The molecule has 1 aliphatic rings. The van der Waals surface area contributed by atoms with Gasteiger partial charge in [0.15, 0.2) is 0 Å². The van der Waals surface area contributed by atoms with Crippen molar-refractivity contribution >= 4 is 17.4 Å². The van der Waals surface area contributed by atoms with E-state index in [9.17, 15) is 8.78 Å². The normalized spacial score (nSPS) is 17.1. The maximum Gasteiger partial charge on any atom is 0.387 e. The van der Waals surface area contributed by atoms with E-state index in [0.29, 0.717) is 0 Å². The fraction of sp³-hybridized carbons (Fsp3) is 0.200. The maximum atomic E-state index is 12.1. The summed E-state index contributed by atoms with van der Waals surface area (Å²) in [6.45, 7) is -2.79. The third-order valence-electron chi connectivity index (χ3n) is 3.12. The van der Waals surface area contributed by atoms with Gasteiger partial charge in [0, 0.05) is 16.3 Å². The van der Waals surface area contributed by atoms with E-state index in [1.54, 1.807) is 24.3 Å². The molecule has 0 bridgehead atoms. The molecule has 1 aliphatic heterocycles. The van der Waals surface area contributed by atoms with Crippen LogP contribution in [0.3, 0.4) is 0 Å². The Labute approximate surface area is 120 Å². The van der Waals surface area contributed by atoms with Crippen molar-refractivity contribution < 1.29 is 13.5 Å². The van der Waals surface area contributed by atoms with Crippen LogP contribution in [0.25, 0.3) is 0 Å². The van der Waals surface area contributed by atoms with Crippen LogP contribution in [0.5, 0.6) is 5.75 Å². The second-order valence-corrected chi connectivity index (χ2v) is 5.51. The minimum absolute atomic E-state index is 0.173. The molecule has 1 unspecified atom stereocenters. The summed E-state index contributed by atoms with van der Waals surface area (Å²) in [7, 11) is 0. The van der Waals surface area contributed by atoms with Crippen LogP contribution in [-0.4, -0.2) is 12.4 Å². The summed E-state index contributed by atoms with van der Waals surface area (Å²) in [6.07, 6.45) is 0. The molecule has 0 saturated heterocycles.